The Kier molecular flexibility index (Phi) is 22.6. The Bertz CT molecular complexity index is 7030. The Morgan fingerprint density at radius 3 is 0.851 bits per heavy atom. The van der Waals surface area contributed by atoms with Crippen molar-refractivity contribution in [2.24, 2.45) is 0 Å². The summed E-state index contributed by atoms with van der Waals surface area (Å²) in [4.78, 5) is 13.9. The number of para-hydroxylation sites is 4. The summed E-state index contributed by atoms with van der Waals surface area (Å²) >= 11 is 0. The monoisotopic (exact) mass is 1760 g/mol. The summed E-state index contributed by atoms with van der Waals surface area (Å²) in [5.41, 5.74) is 29.1. The lowest BCUT2D eigenvalue weighted by molar-refractivity contribution is 0.0422. The largest absolute Gasteiger partial charge is 0.311 e. The van der Waals surface area contributed by atoms with Crippen LogP contribution in [-0.4, -0.2) is 13.4 Å². The normalized spacial score (nSPS) is 13.4. The fourth-order valence-electron chi connectivity index (χ4n) is 20.6. The predicted molar refractivity (Wildman–Crippen MR) is 560 cm³/mol. The lowest BCUT2D eigenvalue weighted by Gasteiger charge is -2.45. The molecule has 0 N–H and O–H groups in total. The summed E-state index contributed by atoms with van der Waals surface area (Å²) in [6.45, 7) is 30.9. The third-order valence-corrected chi connectivity index (χ3v) is 27.9. The molecule has 16 aromatic rings. The van der Waals surface area contributed by atoms with E-state index in [1.54, 1.807) is 48.5 Å². The molecule has 0 radical (unpaired) electrons. The first-order chi connectivity index (χ1) is 64.4. The number of alkyl halides is 4. The van der Waals surface area contributed by atoms with Gasteiger partial charge in [0.15, 0.2) is 0 Å². The maximum atomic E-state index is 18.8. The van der Waals surface area contributed by atoms with Gasteiger partial charge in [-0.3, -0.25) is 0 Å². The summed E-state index contributed by atoms with van der Waals surface area (Å²) in [6, 6.07) is 123. The Balaban J connectivity index is 0.709. The van der Waals surface area contributed by atoms with Gasteiger partial charge >= 0.3 is 0 Å². The molecule has 0 aromatic heterocycles. The van der Waals surface area contributed by atoms with Gasteiger partial charge < -0.3 is 29.4 Å². The molecule has 0 spiro atoms. The number of aryl methyl sites for hydroxylation is 2. The number of hydrogen-bond acceptors (Lipinski definition) is 6. The van der Waals surface area contributed by atoms with Gasteiger partial charge in [0.1, 0.15) is 0 Å². The number of rotatable bonds is 21. The SMILES string of the molecule is CCCCc1ccc(N2c3ccc(CCCC)cc3B3c4cc(C(C)(C)C)ccc4N(c4cccc(C(F)(F)c5cccc(-c6cccc(C(F)(F)c7cccc(N8c9ccc(C(C)(C)C)cc9B9c%10cc(C(C)(C)C)ccc%10N(c%10ccc(C(C)(C)C)cc%10)c%10cc(N(c%11ccccc%11)c%11ccccc%11)cc8c%109)c7)c6)c5)c4)c4cc(N(c5ccccc5)c5ccccc5)cc2c43)cc1. The molecule has 0 unspecified atom stereocenters. The van der Waals surface area contributed by atoms with E-state index in [1.165, 1.54) is 64.1 Å². The van der Waals surface area contributed by atoms with Gasteiger partial charge in [0.2, 0.25) is 0 Å². The van der Waals surface area contributed by atoms with E-state index in [9.17, 15) is 0 Å². The van der Waals surface area contributed by atoms with Crippen LogP contribution in [0.25, 0.3) is 11.1 Å². The number of benzene rings is 16. The van der Waals surface area contributed by atoms with Crippen molar-refractivity contribution in [3.8, 4) is 11.1 Å². The highest BCUT2D eigenvalue weighted by molar-refractivity contribution is 7.01. The molecule has 20 rings (SSSR count). The van der Waals surface area contributed by atoms with E-state index in [0.29, 0.717) is 22.5 Å². The summed E-state index contributed by atoms with van der Waals surface area (Å²) in [5, 5.41) is 0. The van der Waals surface area contributed by atoms with Crippen molar-refractivity contribution in [1.29, 1.82) is 0 Å². The van der Waals surface area contributed by atoms with Crippen molar-refractivity contribution in [2.45, 2.75) is 169 Å². The highest BCUT2D eigenvalue weighted by Gasteiger charge is 2.49. The minimum atomic E-state index is -3.61. The second-order valence-corrected chi connectivity index (χ2v) is 41.1. The van der Waals surface area contributed by atoms with Gasteiger partial charge in [-0.2, -0.15) is 17.6 Å². The van der Waals surface area contributed by atoms with E-state index >= 15 is 17.6 Å². The number of halogens is 4. The van der Waals surface area contributed by atoms with Crippen LogP contribution in [0.1, 0.15) is 178 Å². The Morgan fingerprint density at radius 2 is 0.515 bits per heavy atom. The number of anilines is 18. The van der Waals surface area contributed by atoms with Gasteiger partial charge in [-0.25, -0.2) is 0 Å². The zero-order valence-corrected chi connectivity index (χ0v) is 79.2. The molecule has 0 saturated heterocycles. The molecule has 4 aliphatic rings. The maximum Gasteiger partial charge on any atom is 0.298 e. The van der Waals surface area contributed by atoms with Crippen molar-refractivity contribution in [2.75, 3.05) is 29.4 Å². The van der Waals surface area contributed by atoms with Crippen LogP contribution in [0.2, 0.25) is 0 Å². The van der Waals surface area contributed by atoms with Crippen molar-refractivity contribution in [3.63, 3.8) is 0 Å². The lowest BCUT2D eigenvalue weighted by Crippen LogP contribution is -2.61. The van der Waals surface area contributed by atoms with E-state index in [2.05, 4.69) is 369 Å². The molecular formula is C122H114B2F4N6. The van der Waals surface area contributed by atoms with Crippen molar-refractivity contribution < 1.29 is 17.6 Å². The van der Waals surface area contributed by atoms with Gasteiger partial charge in [0, 0.05) is 113 Å². The summed E-state index contributed by atoms with van der Waals surface area (Å²) in [5.74, 6) is -7.21. The summed E-state index contributed by atoms with van der Waals surface area (Å²) < 4.78 is 75.2. The Labute approximate surface area is 790 Å². The first-order valence-electron chi connectivity index (χ1n) is 47.7. The van der Waals surface area contributed by atoms with Crippen LogP contribution in [0, 0.1) is 0 Å². The minimum Gasteiger partial charge on any atom is -0.311 e. The van der Waals surface area contributed by atoms with Gasteiger partial charge in [0.25, 0.3) is 25.3 Å². The highest BCUT2D eigenvalue weighted by Crippen LogP contribution is 2.54. The molecule has 0 saturated carbocycles. The van der Waals surface area contributed by atoms with Crippen molar-refractivity contribution >= 4 is 149 Å². The molecule has 12 heteroatoms. The zero-order valence-electron chi connectivity index (χ0n) is 79.2. The molecule has 0 amide bonds. The Morgan fingerprint density at radius 1 is 0.231 bits per heavy atom. The zero-order chi connectivity index (χ0) is 93.1. The minimum absolute atomic E-state index is 0.107. The smallest absolute Gasteiger partial charge is 0.298 e. The maximum absolute atomic E-state index is 18.8. The molecule has 0 fully saturated rings. The van der Waals surface area contributed by atoms with Crippen LogP contribution < -0.4 is 62.2 Å². The van der Waals surface area contributed by atoms with Crippen molar-refractivity contribution in [1.82, 2.24) is 0 Å². The second kappa shape index (κ2) is 34.3. The number of unbranched alkanes of at least 4 members (excludes halogenated alkanes) is 2. The second-order valence-electron chi connectivity index (χ2n) is 41.1. The van der Waals surface area contributed by atoms with Crippen molar-refractivity contribution in [3.05, 3.63) is 420 Å². The van der Waals surface area contributed by atoms with E-state index in [-0.39, 0.29) is 57.3 Å². The van der Waals surface area contributed by atoms with Gasteiger partial charge in [-0.15, -0.1) is 0 Å². The topological polar surface area (TPSA) is 19.4 Å². The number of hydrogen-bond donors (Lipinski definition) is 0. The number of nitrogens with zero attached hydrogens (tertiary/aromatic N) is 6. The predicted octanol–water partition coefficient (Wildman–Crippen LogP) is 30.6. The van der Waals surface area contributed by atoms with Crippen LogP contribution >= 0.6 is 0 Å². The van der Waals surface area contributed by atoms with Crippen LogP contribution in [-0.2, 0) is 46.3 Å². The lowest BCUT2D eigenvalue weighted by atomic mass is 9.33. The van der Waals surface area contributed by atoms with E-state index in [0.717, 1.165) is 168 Å². The fourth-order valence-corrected chi connectivity index (χ4v) is 20.6. The molecule has 0 atom stereocenters. The first kappa shape index (κ1) is 88.1. The van der Waals surface area contributed by atoms with Gasteiger partial charge in [-0.05, 0) is 282 Å². The average Bonchev–Trinajstić information content (AvgIpc) is 0.695. The van der Waals surface area contributed by atoms with E-state index < -0.39 is 11.8 Å². The van der Waals surface area contributed by atoms with E-state index in [4.69, 9.17) is 0 Å². The molecule has 0 aliphatic carbocycles. The standard InChI is InChI=1S/C122H114B2F4N6/c1-15-17-35-81-53-61-97(62-54-81)131-107-65-55-82(36-18-16-2)69-103(107)123-105-75-87(119(9,10)11)59-67-109(105)133(113-79-101(77-111(131)115(113)123)129(93-43-23-19-24-44-93)94-45-25-20-26-46-94)99-51-33-41-91(72-99)121(125,126)89-39-31-37-83(70-89)84-38-32-40-90(71-84)122(127,128)92-42-34-52-100(73-92)134-110-68-60-88(120(12,13)14)76-106(110)124-104-74-86(118(6,7)8)58-66-108(104)132(98-63-56-85(57-64-98)117(3,4)5)112-78-102(80-114(134)116(112)124)130(95-47-27-21-28-48-95)96-49-29-22-30-50-96/h19-34,37-80H,15-18,35-36H2,1-14H3. The first-order valence-corrected chi connectivity index (χ1v) is 47.7. The molecule has 134 heavy (non-hydrogen) atoms. The third kappa shape index (κ3) is 16.0. The molecule has 6 nitrogen and oxygen atoms in total. The van der Waals surface area contributed by atoms with Gasteiger partial charge in [0.05, 0.1) is 11.4 Å². The number of fused-ring (bicyclic) bond motifs is 8. The summed E-state index contributed by atoms with van der Waals surface area (Å²) in [6.07, 6.45) is 6.20. The molecule has 0 bridgehead atoms. The average molecular weight is 1760 g/mol. The molecule has 4 aliphatic heterocycles. The van der Waals surface area contributed by atoms with Crippen LogP contribution in [0.5, 0.6) is 0 Å². The van der Waals surface area contributed by atoms with Crippen LogP contribution in [0.4, 0.5) is 120 Å². The Hall–Kier alpha value is -13.8. The molecular weight excluding hydrogens is 1650 g/mol. The molecule has 666 valence electrons. The molecule has 16 aromatic carbocycles. The third-order valence-electron chi connectivity index (χ3n) is 27.9. The quantitative estimate of drug-likeness (QED) is 0.0524. The fraction of sp³-hybridized carbons (Fsp3) is 0.213. The summed E-state index contributed by atoms with van der Waals surface area (Å²) in [7, 11) is 0. The highest BCUT2D eigenvalue weighted by atomic mass is 19.3. The van der Waals surface area contributed by atoms with Crippen LogP contribution in [0.15, 0.2) is 364 Å². The van der Waals surface area contributed by atoms with Gasteiger partial charge in [-0.1, -0.05) is 316 Å². The van der Waals surface area contributed by atoms with Crippen LogP contribution in [0.3, 0.4) is 0 Å². The molecule has 4 heterocycles. The van der Waals surface area contributed by atoms with E-state index in [1.807, 2.05) is 36.4 Å².